The number of methoxy groups -OCH3 is 2. The van der Waals surface area contributed by atoms with Crippen molar-refractivity contribution in [2.24, 2.45) is 21.8 Å². The molecule has 4 aliphatic rings. The molecule has 10 rings (SSSR count). The largest absolute Gasteiger partial charge is 0.495 e. The van der Waals surface area contributed by atoms with E-state index in [0.717, 1.165) is 101 Å². The number of aliphatic imine (C=N–C) groups is 2. The Bertz CT molecular complexity index is 2730. The topological polar surface area (TPSA) is 186 Å². The van der Waals surface area contributed by atoms with Crippen LogP contribution >= 0.6 is 22.7 Å². The van der Waals surface area contributed by atoms with Gasteiger partial charge in [-0.3, -0.25) is 24.4 Å². The second kappa shape index (κ2) is 16.5. The van der Waals surface area contributed by atoms with E-state index in [0.29, 0.717) is 38.9 Å². The van der Waals surface area contributed by atoms with Crippen molar-refractivity contribution in [1.29, 1.82) is 0 Å². The third kappa shape index (κ3) is 7.30. The van der Waals surface area contributed by atoms with E-state index in [1.165, 1.54) is 21.1 Å². The van der Waals surface area contributed by atoms with Crippen LogP contribution < -0.4 is 20.1 Å². The third-order valence-corrected chi connectivity index (χ3v) is 13.9. The summed E-state index contributed by atoms with van der Waals surface area (Å²) in [5, 5.41) is 19.7. The number of carboxylic acid groups (broad SMARTS) is 1. The molecule has 0 unspecified atom stereocenters. The molecule has 0 saturated carbocycles. The lowest BCUT2D eigenvalue weighted by atomic mass is 9.87. The highest BCUT2D eigenvalue weighted by Gasteiger charge is 2.32. The first kappa shape index (κ1) is 39.4. The molecular formula is C43H43N9O6S2. The lowest BCUT2D eigenvalue weighted by Gasteiger charge is -2.26. The van der Waals surface area contributed by atoms with Gasteiger partial charge in [-0.2, -0.15) is 0 Å². The van der Waals surface area contributed by atoms with Gasteiger partial charge in [0.15, 0.2) is 0 Å². The Morgan fingerprint density at radius 1 is 0.750 bits per heavy atom. The number of carbonyl (C=O) groups is 2. The summed E-state index contributed by atoms with van der Waals surface area (Å²) in [6, 6.07) is 8.11. The van der Waals surface area contributed by atoms with Crippen molar-refractivity contribution in [3.8, 4) is 11.5 Å². The molecule has 6 aromatic rings. The van der Waals surface area contributed by atoms with Crippen molar-refractivity contribution in [2.75, 3.05) is 38.5 Å². The zero-order valence-electron chi connectivity index (χ0n) is 33.6. The lowest BCUT2D eigenvalue weighted by Crippen LogP contribution is -2.37. The monoisotopic (exact) mass is 845 g/mol. The van der Waals surface area contributed by atoms with Crippen LogP contribution in [0.25, 0.3) is 20.4 Å². The average molecular weight is 846 g/mol. The van der Waals surface area contributed by atoms with E-state index in [-0.39, 0.29) is 17.7 Å². The number of aliphatic carboxylic acids is 1. The van der Waals surface area contributed by atoms with Gasteiger partial charge in [-0.05, 0) is 103 Å². The Morgan fingerprint density at radius 3 is 1.72 bits per heavy atom. The molecule has 1 amide bonds. The molecule has 60 heavy (non-hydrogen) atoms. The molecule has 2 aliphatic heterocycles. The molecule has 0 fully saturated rings. The van der Waals surface area contributed by atoms with Crippen molar-refractivity contribution in [3.05, 3.63) is 80.1 Å². The highest BCUT2D eigenvalue weighted by Crippen LogP contribution is 2.44. The summed E-state index contributed by atoms with van der Waals surface area (Å²) in [5.41, 5.74) is 8.54. The van der Waals surface area contributed by atoms with Gasteiger partial charge >= 0.3 is 5.97 Å². The molecule has 17 heteroatoms. The molecule has 2 aromatic carbocycles. The first-order chi connectivity index (χ1) is 29.3. The predicted octanol–water partition coefficient (Wildman–Crippen LogP) is 7.46. The fourth-order valence-electron chi connectivity index (χ4n) is 8.47. The van der Waals surface area contributed by atoms with E-state index in [1.54, 1.807) is 56.7 Å². The number of aromatic nitrogens is 4. The molecule has 2 aliphatic carbocycles. The van der Waals surface area contributed by atoms with Crippen LogP contribution in [0.5, 0.6) is 11.5 Å². The van der Waals surface area contributed by atoms with Crippen LogP contribution in [0.3, 0.4) is 0 Å². The van der Waals surface area contributed by atoms with Gasteiger partial charge in [-0.1, -0.05) is 0 Å². The number of carboxylic acids is 1. The van der Waals surface area contributed by atoms with E-state index in [9.17, 15) is 14.7 Å². The molecule has 308 valence electrons. The lowest BCUT2D eigenvalue weighted by molar-refractivity contribution is -0.179. The van der Waals surface area contributed by atoms with E-state index >= 15 is 0 Å². The minimum absolute atomic E-state index is 0.0482. The molecule has 15 nitrogen and oxygen atoms in total. The second-order valence-electron chi connectivity index (χ2n) is 14.9. The number of carbonyl (C=O) groups excluding carboxylic acids is 1. The zero-order valence-corrected chi connectivity index (χ0v) is 35.2. The first-order valence-corrected chi connectivity index (χ1v) is 21.4. The Balaban J connectivity index is 0.000000155. The molecule has 0 spiro atoms. The number of nitrogens with zero attached hydrogens (tertiary/aromatic N) is 7. The Labute approximate surface area is 353 Å². The maximum atomic E-state index is 12.8. The number of benzene rings is 2. The normalized spacial score (nSPS) is 17.0. The molecule has 0 bridgehead atoms. The number of anilines is 4. The van der Waals surface area contributed by atoms with E-state index in [4.69, 9.17) is 14.3 Å². The quantitative estimate of drug-likeness (QED) is 0.116. The Kier molecular flexibility index (Phi) is 10.9. The van der Waals surface area contributed by atoms with Crippen molar-refractivity contribution >= 4 is 90.4 Å². The Morgan fingerprint density at radius 2 is 1.25 bits per heavy atom. The summed E-state index contributed by atoms with van der Waals surface area (Å²) in [7, 11) is 4.86. The summed E-state index contributed by atoms with van der Waals surface area (Å²) in [6.07, 6.45) is 11.1. The van der Waals surface area contributed by atoms with Crippen LogP contribution in [0.15, 0.2) is 46.9 Å². The van der Waals surface area contributed by atoms with Gasteiger partial charge in [0.05, 0.1) is 62.5 Å². The number of rotatable bonds is 10. The number of ether oxygens (including phenoxy) is 2. The predicted molar refractivity (Wildman–Crippen MR) is 233 cm³/mol. The zero-order chi connectivity index (χ0) is 41.5. The number of fused-ring (bicyclic) bond motifs is 8. The standard InChI is InChI=1S/C23H25N5O3S.C20H18N4O3S/c1-4-28(31-3)23(29)13-5-6-16-19(9-13)32-22-20(16)21(25-12-26-22)27-17-7-14-10-24-11-15(14)8-18(17)30-2;1-27-15-5-12-8-21-7-11(12)4-14(15)24-18-17-13-3-2-10(20(25)26)6-16(13)28-19(17)23-9-22-18/h7-8,10,12-13H,4-6,9,11H2,1-3H3,(H,25,26,27);4-5,7,9-10H,2-3,6,8H2,1H3,(H,25,26)(H,22,23,24)/t13-;10-/m00/s1. The average Bonchev–Trinajstić information content (AvgIpc) is 4.08. The number of hydrogen-bond donors (Lipinski definition) is 3. The SMILES string of the molecule is CCN(OC)C(=O)[C@H]1CCc2c(sc3ncnc(Nc4cc5c(cc4OC)CN=C5)c23)C1.COc1cc2c(cc1Nc1ncnc3sc4c(c13)CC[C@H](C(=O)O)C4)C=NC2. The molecule has 0 radical (unpaired) electrons. The number of nitrogens with one attached hydrogen (secondary N) is 2. The van der Waals surface area contributed by atoms with Gasteiger partial charge in [0.1, 0.15) is 45.5 Å². The summed E-state index contributed by atoms with van der Waals surface area (Å²) in [6.45, 7) is 3.81. The minimum atomic E-state index is -0.725. The van der Waals surface area contributed by atoms with Gasteiger partial charge in [-0.25, -0.2) is 25.0 Å². The van der Waals surface area contributed by atoms with Gasteiger partial charge in [-0.15, -0.1) is 22.7 Å². The highest BCUT2D eigenvalue weighted by molar-refractivity contribution is 7.19. The summed E-state index contributed by atoms with van der Waals surface area (Å²) in [4.78, 5) is 60.2. The van der Waals surface area contributed by atoms with Crippen LogP contribution in [0.4, 0.5) is 23.0 Å². The summed E-state index contributed by atoms with van der Waals surface area (Å²) in [5.74, 6) is 1.92. The summed E-state index contributed by atoms with van der Waals surface area (Å²) < 4.78 is 11.2. The van der Waals surface area contributed by atoms with Crippen molar-refractivity contribution in [3.63, 3.8) is 0 Å². The molecular weight excluding hydrogens is 803 g/mol. The third-order valence-electron chi connectivity index (χ3n) is 11.6. The molecule has 6 heterocycles. The van der Waals surface area contributed by atoms with Crippen LogP contribution in [-0.2, 0) is 53.2 Å². The molecule has 0 saturated heterocycles. The van der Waals surface area contributed by atoms with Crippen LogP contribution in [-0.4, -0.2) is 82.3 Å². The van der Waals surface area contributed by atoms with E-state index in [2.05, 4.69) is 46.6 Å². The fraction of sp³-hybridized carbons (Fsp3) is 0.349. The van der Waals surface area contributed by atoms with Crippen molar-refractivity contribution in [1.82, 2.24) is 25.0 Å². The maximum Gasteiger partial charge on any atom is 0.306 e. The minimum Gasteiger partial charge on any atom is -0.495 e. The molecule has 2 atom stereocenters. The second-order valence-corrected chi connectivity index (χ2v) is 17.1. The maximum absolute atomic E-state index is 12.8. The number of hydrogen-bond acceptors (Lipinski definition) is 15. The first-order valence-electron chi connectivity index (χ1n) is 19.8. The van der Waals surface area contributed by atoms with Crippen LogP contribution in [0, 0.1) is 11.8 Å². The number of hydroxylamine groups is 2. The van der Waals surface area contributed by atoms with E-state index in [1.807, 2.05) is 37.6 Å². The molecule has 3 N–H and O–H groups in total. The van der Waals surface area contributed by atoms with Crippen molar-refractivity contribution in [2.45, 2.75) is 58.5 Å². The number of aryl methyl sites for hydroxylation is 2. The van der Waals surface area contributed by atoms with Gasteiger partial charge in [0, 0.05) is 34.6 Å². The molecule has 4 aromatic heterocycles. The van der Waals surface area contributed by atoms with Gasteiger partial charge < -0.3 is 25.2 Å². The van der Waals surface area contributed by atoms with Crippen molar-refractivity contribution < 1.29 is 29.0 Å². The fourth-order valence-corrected chi connectivity index (χ4v) is 11.0. The van der Waals surface area contributed by atoms with Gasteiger partial charge in [0.2, 0.25) is 5.91 Å². The van der Waals surface area contributed by atoms with Crippen LogP contribution in [0.2, 0.25) is 0 Å². The van der Waals surface area contributed by atoms with E-state index < -0.39 is 5.97 Å². The highest BCUT2D eigenvalue weighted by atomic mass is 32.1. The Hall–Kier alpha value is -6.04. The number of amides is 1. The van der Waals surface area contributed by atoms with Gasteiger partial charge in [0.25, 0.3) is 0 Å². The van der Waals surface area contributed by atoms with Crippen LogP contribution in [0.1, 0.15) is 62.9 Å². The smallest absolute Gasteiger partial charge is 0.306 e. The number of thiophene rings is 2. The summed E-state index contributed by atoms with van der Waals surface area (Å²) >= 11 is 3.22.